The Hall–Kier alpha value is -2.63. The van der Waals surface area contributed by atoms with Gasteiger partial charge in [0.1, 0.15) is 5.69 Å². The third kappa shape index (κ3) is 2.79. The van der Waals surface area contributed by atoms with Gasteiger partial charge in [0.05, 0.1) is 19.6 Å². The van der Waals surface area contributed by atoms with Gasteiger partial charge in [0.25, 0.3) is 0 Å². The number of aryl methyl sites for hydroxylation is 1. The second-order valence-corrected chi connectivity index (χ2v) is 3.91. The molecule has 0 atom stereocenters. The zero-order valence-electron chi connectivity index (χ0n) is 10.6. The van der Waals surface area contributed by atoms with Crippen molar-refractivity contribution in [1.29, 1.82) is 0 Å². The summed E-state index contributed by atoms with van der Waals surface area (Å²) in [6, 6.07) is 6.56. The molecule has 0 bridgehead atoms. The fraction of sp³-hybridized carbons (Fsp3) is 0.154. The number of ether oxygens (including phenoxy) is 1. The van der Waals surface area contributed by atoms with E-state index in [1.165, 1.54) is 13.3 Å². The molecule has 19 heavy (non-hydrogen) atoms. The van der Waals surface area contributed by atoms with Crippen LogP contribution in [0.3, 0.4) is 0 Å². The molecule has 0 radical (unpaired) electrons. The molecular weight excluding hydrogens is 246 g/mol. The minimum absolute atomic E-state index is 0.121. The molecule has 0 spiro atoms. The first-order chi connectivity index (χ1) is 9.11. The summed E-state index contributed by atoms with van der Waals surface area (Å²) < 4.78 is 6.13. The summed E-state index contributed by atoms with van der Waals surface area (Å²) in [4.78, 5) is 27.1. The summed E-state index contributed by atoms with van der Waals surface area (Å²) in [7, 11) is 3.04. The van der Waals surface area contributed by atoms with Crippen LogP contribution >= 0.6 is 0 Å². The van der Waals surface area contributed by atoms with Gasteiger partial charge in [-0.3, -0.25) is 10.1 Å². The van der Waals surface area contributed by atoms with Crippen molar-refractivity contribution in [3.05, 3.63) is 48.0 Å². The van der Waals surface area contributed by atoms with Crippen molar-refractivity contribution in [1.82, 2.24) is 9.55 Å². The van der Waals surface area contributed by atoms with Gasteiger partial charge in [0.2, 0.25) is 5.78 Å². The van der Waals surface area contributed by atoms with Crippen LogP contribution in [0.25, 0.3) is 0 Å². The van der Waals surface area contributed by atoms with Crippen LogP contribution < -0.4 is 5.32 Å². The highest BCUT2D eigenvalue weighted by Gasteiger charge is 2.12. The van der Waals surface area contributed by atoms with Gasteiger partial charge in [0, 0.05) is 18.3 Å². The van der Waals surface area contributed by atoms with Gasteiger partial charge in [-0.25, -0.2) is 9.78 Å². The minimum Gasteiger partial charge on any atom is -0.453 e. The number of amides is 1. The quantitative estimate of drug-likeness (QED) is 0.853. The van der Waals surface area contributed by atoms with Crippen molar-refractivity contribution >= 4 is 17.6 Å². The second kappa shape index (κ2) is 5.34. The maximum atomic E-state index is 12.1. The molecule has 1 N–H and O–H groups in total. The molecule has 0 unspecified atom stereocenters. The molecule has 6 nitrogen and oxygen atoms in total. The van der Waals surface area contributed by atoms with E-state index in [4.69, 9.17) is 0 Å². The van der Waals surface area contributed by atoms with Crippen molar-refractivity contribution in [3.63, 3.8) is 0 Å². The molecule has 0 saturated heterocycles. The Bertz CT molecular complexity index is 602. The number of nitrogens with zero attached hydrogens (tertiary/aromatic N) is 2. The smallest absolute Gasteiger partial charge is 0.411 e. The van der Waals surface area contributed by atoms with Gasteiger partial charge in [0.15, 0.2) is 0 Å². The molecule has 0 fully saturated rings. The number of hydrogen-bond acceptors (Lipinski definition) is 4. The normalized spacial score (nSPS) is 10.0. The predicted molar refractivity (Wildman–Crippen MR) is 69.1 cm³/mol. The van der Waals surface area contributed by atoms with E-state index in [0.29, 0.717) is 16.9 Å². The molecule has 2 rings (SSSR count). The first-order valence-corrected chi connectivity index (χ1v) is 5.58. The third-order valence-corrected chi connectivity index (χ3v) is 2.63. The van der Waals surface area contributed by atoms with Crippen LogP contribution in [0.1, 0.15) is 16.1 Å². The number of rotatable bonds is 3. The Morgan fingerprint density at radius 3 is 2.47 bits per heavy atom. The largest absolute Gasteiger partial charge is 0.453 e. The maximum Gasteiger partial charge on any atom is 0.411 e. The SMILES string of the molecule is COC(=O)Nc1ccc(C(=O)c2cncn2C)cc1. The van der Waals surface area contributed by atoms with Crippen molar-refractivity contribution in [2.45, 2.75) is 0 Å². The third-order valence-electron chi connectivity index (χ3n) is 2.63. The first kappa shape index (κ1) is 12.8. The number of aromatic nitrogens is 2. The topological polar surface area (TPSA) is 73.2 Å². The van der Waals surface area contributed by atoms with Crippen molar-refractivity contribution in [3.8, 4) is 0 Å². The Kier molecular flexibility index (Phi) is 3.61. The number of ketones is 1. The summed E-state index contributed by atoms with van der Waals surface area (Å²) in [6.45, 7) is 0. The lowest BCUT2D eigenvalue weighted by Crippen LogP contribution is -2.11. The molecule has 6 heteroatoms. The molecule has 1 amide bonds. The van der Waals surface area contributed by atoms with Crippen LogP contribution in [0.15, 0.2) is 36.8 Å². The van der Waals surface area contributed by atoms with E-state index < -0.39 is 6.09 Å². The molecule has 2 aromatic rings. The average molecular weight is 259 g/mol. The number of methoxy groups -OCH3 is 1. The Labute approximate surface area is 110 Å². The number of carbonyl (C=O) groups is 2. The molecule has 98 valence electrons. The van der Waals surface area contributed by atoms with Gasteiger partial charge in [-0.05, 0) is 24.3 Å². The predicted octanol–water partition coefficient (Wildman–Crippen LogP) is 1.83. The molecular formula is C13H13N3O3. The van der Waals surface area contributed by atoms with E-state index in [9.17, 15) is 9.59 Å². The summed E-state index contributed by atoms with van der Waals surface area (Å²) in [5.74, 6) is -0.121. The van der Waals surface area contributed by atoms with Crippen molar-refractivity contribution < 1.29 is 14.3 Å². The van der Waals surface area contributed by atoms with E-state index in [1.807, 2.05) is 0 Å². The summed E-state index contributed by atoms with van der Waals surface area (Å²) in [6.07, 6.45) is 2.54. The zero-order chi connectivity index (χ0) is 13.8. The monoisotopic (exact) mass is 259 g/mol. The van der Waals surface area contributed by atoms with Crippen LogP contribution in [0, 0.1) is 0 Å². The maximum absolute atomic E-state index is 12.1. The second-order valence-electron chi connectivity index (χ2n) is 3.91. The lowest BCUT2D eigenvalue weighted by Gasteiger charge is -2.05. The molecule has 1 aromatic carbocycles. The summed E-state index contributed by atoms with van der Waals surface area (Å²) in [5, 5.41) is 2.51. The highest BCUT2D eigenvalue weighted by molar-refractivity contribution is 6.08. The number of anilines is 1. The average Bonchev–Trinajstić information content (AvgIpc) is 2.85. The molecule has 0 aliphatic heterocycles. The molecule has 0 aliphatic rings. The fourth-order valence-corrected chi connectivity index (χ4v) is 1.60. The Morgan fingerprint density at radius 2 is 1.95 bits per heavy atom. The van der Waals surface area contributed by atoms with Gasteiger partial charge >= 0.3 is 6.09 Å². The van der Waals surface area contributed by atoms with Gasteiger partial charge in [-0.1, -0.05) is 0 Å². The lowest BCUT2D eigenvalue weighted by molar-refractivity contribution is 0.103. The van der Waals surface area contributed by atoms with E-state index >= 15 is 0 Å². The first-order valence-electron chi connectivity index (χ1n) is 5.58. The van der Waals surface area contributed by atoms with Crippen LogP contribution in [-0.4, -0.2) is 28.5 Å². The van der Waals surface area contributed by atoms with Crippen LogP contribution in [0.4, 0.5) is 10.5 Å². The molecule has 0 saturated carbocycles. The lowest BCUT2D eigenvalue weighted by atomic mass is 10.1. The zero-order valence-corrected chi connectivity index (χ0v) is 10.6. The van der Waals surface area contributed by atoms with E-state index in [1.54, 1.807) is 42.2 Å². The molecule has 1 aromatic heterocycles. The highest BCUT2D eigenvalue weighted by atomic mass is 16.5. The van der Waals surface area contributed by atoms with E-state index in [2.05, 4.69) is 15.0 Å². The van der Waals surface area contributed by atoms with E-state index in [-0.39, 0.29) is 5.78 Å². The van der Waals surface area contributed by atoms with E-state index in [0.717, 1.165) is 0 Å². The highest BCUT2D eigenvalue weighted by Crippen LogP contribution is 2.13. The number of imidazole rings is 1. The van der Waals surface area contributed by atoms with Gasteiger partial charge in [-0.15, -0.1) is 0 Å². The summed E-state index contributed by atoms with van der Waals surface area (Å²) in [5.41, 5.74) is 1.60. The van der Waals surface area contributed by atoms with Gasteiger partial charge < -0.3 is 9.30 Å². The number of hydrogen-bond donors (Lipinski definition) is 1. The Morgan fingerprint density at radius 1 is 1.26 bits per heavy atom. The number of nitrogens with one attached hydrogen (secondary N) is 1. The number of benzene rings is 1. The van der Waals surface area contributed by atoms with Crippen molar-refractivity contribution in [2.75, 3.05) is 12.4 Å². The van der Waals surface area contributed by atoms with Crippen LogP contribution in [-0.2, 0) is 11.8 Å². The fourth-order valence-electron chi connectivity index (χ4n) is 1.60. The summed E-state index contributed by atoms with van der Waals surface area (Å²) >= 11 is 0. The van der Waals surface area contributed by atoms with Crippen molar-refractivity contribution in [2.24, 2.45) is 7.05 Å². The minimum atomic E-state index is -0.550. The van der Waals surface area contributed by atoms with Crippen LogP contribution in [0.2, 0.25) is 0 Å². The standard InChI is InChI=1S/C13H13N3O3/c1-16-8-14-7-11(16)12(17)9-3-5-10(6-4-9)15-13(18)19-2/h3-8H,1-2H3,(H,15,18). The molecule has 1 heterocycles. The van der Waals surface area contributed by atoms with Gasteiger partial charge in [-0.2, -0.15) is 0 Å². The number of carbonyl (C=O) groups excluding carboxylic acids is 2. The molecule has 0 aliphatic carbocycles. The van der Waals surface area contributed by atoms with Crippen LogP contribution in [0.5, 0.6) is 0 Å². The Balaban J connectivity index is 2.17.